The highest BCUT2D eigenvalue weighted by molar-refractivity contribution is 7.20. The van der Waals surface area contributed by atoms with Crippen LogP contribution in [0.1, 0.15) is 39.7 Å². The van der Waals surface area contributed by atoms with Crippen LogP contribution in [0.2, 0.25) is 0 Å². The van der Waals surface area contributed by atoms with Crippen molar-refractivity contribution in [2.45, 2.75) is 20.8 Å². The first kappa shape index (κ1) is 15.2. The number of aryl methyl sites for hydroxylation is 1. The van der Waals surface area contributed by atoms with Gasteiger partial charge in [0.2, 0.25) is 5.82 Å². The van der Waals surface area contributed by atoms with Crippen molar-refractivity contribution in [2.75, 3.05) is 13.2 Å². The minimum atomic E-state index is -0.708. The van der Waals surface area contributed by atoms with Crippen LogP contribution in [0.4, 0.5) is 0 Å². The summed E-state index contributed by atoms with van der Waals surface area (Å²) in [7, 11) is 0. The second-order valence-corrected chi connectivity index (χ2v) is 5.09. The molecule has 0 radical (unpaired) electrons. The minimum Gasteiger partial charge on any atom is -0.462 e. The van der Waals surface area contributed by atoms with Gasteiger partial charge in [0.05, 0.1) is 18.6 Å². The lowest BCUT2D eigenvalue weighted by molar-refractivity contribution is 0.0508. The fourth-order valence-corrected chi connectivity index (χ4v) is 2.91. The summed E-state index contributed by atoms with van der Waals surface area (Å²) in [6.07, 6.45) is 0. The highest BCUT2D eigenvalue weighted by Gasteiger charge is 2.21. The fraction of sp³-hybridized carbons (Fsp3) is 0.385. The van der Waals surface area contributed by atoms with Crippen LogP contribution >= 0.6 is 11.3 Å². The molecular weight excluding hydrogens is 296 g/mol. The Balaban J connectivity index is 2.58. The molecule has 2 heterocycles. The van der Waals surface area contributed by atoms with Crippen LogP contribution in [0, 0.1) is 6.92 Å². The molecule has 0 atom stereocenters. The van der Waals surface area contributed by atoms with E-state index in [1.54, 1.807) is 20.8 Å². The first-order valence-electron chi connectivity index (χ1n) is 6.37. The second-order valence-electron chi connectivity index (χ2n) is 4.09. The summed E-state index contributed by atoms with van der Waals surface area (Å²) in [5.74, 6) is -1.39. The van der Waals surface area contributed by atoms with Gasteiger partial charge in [-0.1, -0.05) is 0 Å². The van der Waals surface area contributed by atoms with Gasteiger partial charge in [0.15, 0.2) is 0 Å². The highest BCUT2D eigenvalue weighted by Crippen LogP contribution is 2.27. The molecule has 2 aromatic rings. The zero-order valence-electron chi connectivity index (χ0n) is 11.8. The van der Waals surface area contributed by atoms with Crippen LogP contribution in [-0.2, 0) is 9.47 Å². The first-order valence-corrected chi connectivity index (χ1v) is 7.18. The third-order valence-electron chi connectivity index (χ3n) is 2.73. The monoisotopic (exact) mass is 310 g/mol. The van der Waals surface area contributed by atoms with E-state index in [1.165, 1.54) is 0 Å². The average Bonchev–Trinajstić information content (AvgIpc) is 2.77. The van der Waals surface area contributed by atoms with Gasteiger partial charge in [-0.05, 0) is 26.3 Å². The minimum absolute atomic E-state index is 0.175. The van der Waals surface area contributed by atoms with E-state index < -0.39 is 17.5 Å². The van der Waals surface area contributed by atoms with Gasteiger partial charge in [-0.3, -0.25) is 4.79 Å². The largest absolute Gasteiger partial charge is 0.462 e. The number of nitrogens with one attached hydrogen (secondary N) is 1. The summed E-state index contributed by atoms with van der Waals surface area (Å²) >= 11 is 1.02. The number of rotatable bonds is 4. The maximum atomic E-state index is 12.1. The quantitative estimate of drug-likeness (QED) is 0.862. The molecule has 1 N–H and O–H groups in total. The number of esters is 2. The number of hydrogen-bond donors (Lipinski definition) is 1. The Labute approximate surface area is 123 Å². The highest BCUT2D eigenvalue weighted by atomic mass is 32.1. The lowest BCUT2D eigenvalue weighted by Crippen LogP contribution is -2.17. The Bertz CT molecular complexity index is 762. The average molecular weight is 310 g/mol. The summed E-state index contributed by atoms with van der Waals surface area (Å²) in [5, 5.41) is 0.288. The van der Waals surface area contributed by atoms with Gasteiger partial charge in [-0.15, -0.1) is 11.3 Å². The number of carbonyl (C=O) groups is 2. The first-order chi connectivity index (χ1) is 9.99. The van der Waals surface area contributed by atoms with Crippen molar-refractivity contribution >= 4 is 33.5 Å². The third-order valence-corrected chi connectivity index (χ3v) is 3.90. The number of nitrogens with zero attached hydrogens (tertiary/aromatic N) is 1. The van der Waals surface area contributed by atoms with E-state index in [9.17, 15) is 14.4 Å². The molecule has 0 unspecified atom stereocenters. The van der Waals surface area contributed by atoms with Crippen LogP contribution in [0.15, 0.2) is 4.79 Å². The number of aromatic nitrogens is 2. The number of hydrogen-bond acceptors (Lipinski definition) is 7. The summed E-state index contributed by atoms with van der Waals surface area (Å²) in [6, 6.07) is 0. The van der Waals surface area contributed by atoms with Gasteiger partial charge in [-0.2, -0.15) is 0 Å². The second kappa shape index (κ2) is 6.04. The Morgan fingerprint density at radius 1 is 1.19 bits per heavy atom. The lowest BCUT2D eigenvalue weighted by atomic mass is 10.2. The molecule has 2 rings (SSSR count). The Morgan fingerprint density at radius 2 is 1.81 bits per heavy atom. The summed E-state index contributed by atoms with van der Waals surface area (Å²) in [5.41, 5.74) is 0.0185. The van der Waals surface area contributed by atoms with Crippen molar-refractivity contribution < 1.29 is 19.1 Å². The van der Waals surface area contributed by atoms with E-state index in [-0.39, 0.29) is 24.4 Å². The van der Waals surface area contributed by atoms with Crippen molar-refractivity contribution in [3.63, 3.8) is 0 Å². The van der Waals surface area contributed by atoms with E-state index in [2.05, 4.69) is 9.97 Å². The molecule has 8 heteroatoms. The molecule has 0 aliphatic heterocycles. The maximum absolute atomic E-state index is 12.1. The normalized spacial score (nSPS) is 10.6. The number of aromatic amines is 1. The fourth-order valence-electron chi connectivity index (χ4n) is 1.83. The van der Waals surface area contributed by atoms with Gasteiger partial charge in [0, 0.05) is 0 Å². The van der Waals surface area contributed by atoms with Crippen molar-refractivity contribution in [3.8, 4) is 0 Å². The molecule has 0 aliphatic carbocycles. The van der Waals surface area contributed by atoms with E-state index >= 15 is 0 Å². The van der Waals surface area contributed by atoms with Gasteiger partial charge >= 0.3 is 11.9 Å². The van der Waals surface area contributed by atoms with Gasteiger partial charge in [0.25, 0.3) is 5.56 Å². The van der Waals surface area contributed by atoms with Gasteiger partial charge in [0.1, 0.15) is 9.71 Å². The predicted molar refractivity (Wildman–Crippen MR) is 76.9 cm³/mol. The number of thiophene rings is 1. The van der Waals surface area contributed by atoms with Crippen LogP contribution in [0.25, 0.3) is 10.2 Å². The molecule has 0 saturated heterocycles. The molecular formula is C13H14N2O5S. The summed E-state index contributed by atoms with van der Waals surface area (Å²) in [6.45, 7) is 5.42. The van der Waals surface area contributed by atoms with Crippen LogP contribution in [-0.4, -0.2) is 35.1 Å². The Morgan fingerprint density at radius 3 is 2.43 bits per heavy atom. The topological polar surface area (TPSA) is 98.3 Å². The molecule has 112 valence electrons. The van der Waals surface area contributed by atoms with Crippen molar-refractivity contribution in [1.82, 2.24) is 9.97 Å². The number of H-pyrrole nitrogens is 1. The maximum Gasteiger partial charge on any atom is 0.374 e. The molecule has 0 amide bonds. The van der Waals surface area contributed by atoms with Crippen LogP contribution in [0.5, 0.6) is 0 Å². The smallest absolute Gasteiger partial charge is 0.374 e. The van der Waals surface area contributed by atoms with Crippen molar-refractivity contribution in [1.29, 1.82) is 0 Å². The summed E-state index contributed by atoms with van der Waals surface area (Å²) < 4.78 is 9.73. The third kappa shape index (κ3) is 2.80. The standard InChI is InChI=1S/C13H14N2O5S/c1-4-19-12(17)8-6(3)7-10(16)14-9(13(18)20-5-2)15-11(7)21-8/h4-5H2,1-3H3,(H,14,15,16). The molecule has 0 aromatic carbocycles. The SMILES string of the molecule is CCOC(=O)c1nc2sc(C(=O)OCC)c(C)c2c(=O)[nH]1. The van der Waals surface area contributed by atoms with Crippen molar-refractivity contribution in [3.05, 3.63) is 26.6 Å². The van der Waals surface area contributed by atoms with Crippen LogP contribution in [0.3, 0.4) is 0 Å². The summed E-state index contributed by atoms with van der Waals surface area (Å²) in [4.78, 5) is 42.6. The Hall–Kier alpha value is -2.22. The zero-order valence-corrected chi connectivity index (χ0v) is 12.6. The Kier molecular flexibility index (Phi) is 4.37. The van der Waals surface area contributed by atoms with E-state index in [0.717, 1.165) is 11.3 Å². The molecule has 0 bridgehead atoms. The number of ether oxygens (including phenoxy) is 2. The van der Waals surface area contributed by atoms with E-state index in [4.69, 9.17) is 9.47 Å². The molecule has 0 fully saturated rings. The zero-order chi connectivity index (χ0) is 15.6. The van der Waals surface area contributed by atoms with Gasteiger partial charge in [-0.25, -0.2) is 14.6 Å². The van der Waals surface area contributed by atoms with Crippen molar-refractivity contribution in [2.24, 2.45) is 0 Å². The number of fused-ring (bicyclic) bond motifs is 1. The van der Waals surface area contributed by atoms with Crippen LogP contribution < -0.4 is 5.56 Å². The molecule has 0 saturated carbocycles. The molecule has 0 spiro atoms. The van der Waals surface area contributed by atoms with E-state index in [1.807, 2.05) is 0 Å². The predicted octanol–water partition coefficient (Wildman–Crippen LogP) is 1.65. The molecule has 21 heavy (non-hydrogen) atoms. The lowest BCUT2D eigenvalue weighted by Gasteiger charge is -2.00. The number of carbonyl (C=O) groups excluding carboxylic acids is 2. The van der Waals surface area contributed by atoms with Gasteiger partial charge < -0.3 is 14.5 Å². The molecule has 2 aromatic heterocycles. The molecule has 0 aliphatic rings. The molecule has 7 nitrogen and oxygen atoms in total. The van der Waals surface area contributed by atoms with E-state index in [0.29, 0.717) is 15.3 Å².